The first-order valence-electron chi connectivity index (χ1n) is 5.96. The molecule has 0 saturated heterocycles. The number of carboxylic acid groups (broad SMARTS) is 1. The Labute approximate surface area is 123 Å². The van der Waals surface area contributed by atoms with Gasteiger partial charge in [-0.05, 0) is 29.3 Å². The normalized spacial score (nSPS) is 11.4. The third-order valence-corrected chi connectivity index (χ3v) is 3.24. The maximum Gasteiger partial charge on any atom is 0.417 e. The van der Waals surface area contributed by atoms with Crippen LogP contribution in [0.25, 0.3) is 11.1 Å². The van der Waals surface area contributed by atoms with Gasteiger partial charge in [-0.3, -0.25) is 4.79 Å². The maximum absolute atomic E-state index is 13.0. The minimum absolute atomic E-state index is 0.0674. The quantitative estimate of drug-likeness (QED) is 0.895. The van der Waals surface area contributed by atoms with E-state index in [0.717, 1.165) is 6.07 Å². The number of carboxylic acids is 1. The molecule has 21 heavy (non-hydrogen) atoms. The van der Waals surface area contributed by atoms with Crippen LogP contribution in [0.3, 0.4) is 0 Å². The van der Waals surface area contributed by atoms with Crippen molar-refractivity contribution in [3.05, 3.63) is 58.6 Å². The van der Waals surface area contributed by atoms with Gasteiger partial charge in [-0.15, -0.1) is 0 Å². The highest BCUT2D eigenvalue weighted by atomic mass is 35.5. The van der Waals surface area contributed by atoms with E-state index in [-0.39, 0.29) is 22.6 Å². The molecule has 0 spiro atoms. The Balaban J connectivity index is 2.59. The minimum atomic E-state index is -4.51. The molecule has 0 aliphatic rings. The van der Waals surface area contributed by atoms with Crippen LogP contribution in [0.15, 0.2) is 42.5 Å². The fourth-order valence-electron chi connectivity index (χ4n) is 2.03. The lowest BCUT2D eigenvalue weighted by Gasteiger charge is -2.14. The number of halogens is 4. The second-order valence-corrected chi connectivity index (χ2v) is 4.84. The van der Waals surface area contributed by atoms with Crippen molar-refractivity contribution in [3.63, 3.8) is 0 Å². The Hall–Kier alpha value is -2.01. The van der Waals surface area contributed by atoms with Gasteiger partial charge in [-0.25, -0.2) is 0 Å². The number of alkyl halides is 3. The summed E-state index contributed by atoms with van der Waals surface area (Å²) in [6, 6.07) is 9.32. The average molecular weight is 315 g/mol. The van der Waals surface area contributed by atoms with Gasteiger partial charge >= 0.3 is 12.1 Å². The lowest BCUT2D eigenvalue weighted by Crippen LogP contribution is -2.07. The molecular weight excluding hydrogens is 305 g/mol. The topological polar surface area (TPSA) is 37.3 Å². The highest BCUT2D eigenvalue weighted by Gasteiger charge is 2.33. The largest absolute Gasteiger partial charge is 0.481 e. The Kier molecular flexibility index (Phi) is 4.23. The predicted molar refractivity (Wildman–Crippen MR) is 73.2 cm³/mol. The zero-order valence-corrected chi connectivity index (χ0v) is 11.4. The summed E-state index contributed by atoms with van der Waals surface area (Å²) in [5.41, 5.74) is -0.316. The molecule has 1 N–H and O–H groups in total. The van der Waals surface area contributed by atoms with Gasteiger partial charge in [0, 0.05) is 10.6 Å². The molecule has 0 heterocycles. The fraction of sp³-hybridized carbons (Fsp3) is 0.133. The van der Waals surface area contributed by atoms with Crippen molar-refractivity contribution in [2.75, 3.05) is 0 Å². The van der Waals surface area contributed by atoms with Crippen molar-refractivity contribution >= 4 is 17.6 Å². The van der Waals surface area contributed by atoms with Gasteiger partial charge in [0.15, 0.2) is 0 Å². The van der Waals surface area contributed by atoms with Crippen molar-refractivity contribution in [2.45, 2.75) is 12.6 Å². The van der Waals surface area contributed by atoms with E-state index in [9.17, 15) is 18.0 Å². The molecule has 6 heteroatoms. The van der Waals surface area contributed by atoms with Crippen LogP contribution in [0.5, 0.6) is 0 Å². The zero-order chi connectivity index (χ0) is 15.6. The van der Waals surface area contributed by atoms with E-state index < -0.39 is 17.7 Å². The van der Waals surface area contributed by atoms with Crippen LogP contribution in [0.4, 0.5) is 13.2 Å². The highest BCUT2D eigenvalue weighted by molar-refractivity contribution is 6.33. The number of carbonyl (C=O) groups is 1. The smallest absolute Gasteiger partial charge is 0.417 e. The van der Waals surface area contributed by atoms with E-state index >= 15 is 0 Å². The summed E-state index contributed by atoms with van der Waals surface area (Å²) in [4.78, 5) is 10.7. The highest BCUT2D eigenvalue weighted by Crippen LogP contribution is 2.39. The van der Waals surface area contributed by atoms with Gasteiger partial charge in [0.1, 0.15) is 0 Å². The molecule has 0 radical (unpaired) electrons. The van der Waals surface area contributed by atoms with Gasteiger partial charge in [0.2, 0.25) is 0 Å². The van der Waals surface area contributed by atoms with E-state index in [1.165, 1.54) is 36.4 Å². The molecule has 0 unspecified atom stereocenters. The zero-order valence-electron chi connectivity index (χ0n) is 10.6. The van der Waals surface area contributed by atoms with E-state index in [4.69, 9.17) is 16.7 Å². The molecule has 2 rings (SSSR count). The maximum atomic E-state index is 13.0. The molecule has 2 aromatic carbocycles. The molecule has 0 bridgehead atoms. The summed E-state index contributed by atoms with van der Waals surface area (Å²) >= 11 is 5.97. The SMILES string of the molecule is O=C(O)Cc1ccc(Cl)c(-c2ccccc2C(F)(F)F)c1. The van der Waals surface area contributed by atoms with Crippen molar-refractivity contribution in [3.8, 4) is 11.1 Å². The summed E-state index contributed by atoms with van der Waals surface area (Å²) in [5.74, 6) is -1.06. The molecule has 0 saturated carbocycles. The summed E-state index contributed by atoms with van der Waals surface area (Å²) in [5, 5.41) is 8.91. The van der Waals surface area contributed by atoms with Crippen LogP contribution in [0.2, 0.25) is 5.02 Å². The standard InChI is InChI=1S/C15H10ClF3O2/c16-13-6-5-9(8-14(20)21)7-11(13)10-3-1-2-4-12(10)15(17,18)19/h1-7H,8H2,(H,20,21). The van der Waals surface area contributed by atoms with Gasteiger partial charge < -0.3 is 5.11 Å². The second-order valence-electron chi connectivity index (χ2n) is 4.43. The van der Waals surface area contributed by atoms with Gasteiger partial charge in [-0.1, -0.05) is 35.9 Å². The summed E-state index contributed by atoms with van der Waals surface area (Å²) in [6.45, 7) is 0. The van der Waals surface area contributed by atoms with Crippen LogP contribution in [0.1, 0.15) is 11.1 Å². The van der Waals surface area contributed by atoms with Gasteiger partial charge in [-0.2, -0.15) is 13.2 Å². The Morgan fingerprint density at radius 2 is 1.76 bits per heavy atom. The van der Waals surface area contributed by atoms with E-state index in [2.05, 4.69) is 0 Å². The van der Waals surface area contributed by atoms with Crippen molar-refractivity contribution in [1.29, 1.82) is 0 Å². The first-order valence-corrected chi connectivity index (χ1v) is 6.33. The molecule has 2 aromatic rings. The number of aliphatic carboxylic acids is 1. The Morgan fingerprint density at radius 1 is 1.10 bits per heavy atom. The van der Waals surface area contributed by atoms with Crippen molar-refractivity contribution in [2.24, 2.45) is 0 Å². The number of hydrogen-bond acceptors (Lipinski definition) is 1. The molecule has 0 aromatic heterocycles. The Bertz CT molecular complexity index is 681. The Morgan fingerprint density at radius 3 is 2.38 bits per heavy atom. The summed E-state index contributed by atoms with van der Waals surface area (Å²) in [7, 11) is 0. The lowest BCUT2D eigenvalue weighted by atomic mass is 9.97. The number of rotatable bonds is 3. The molecular formula is C15H10ClF3O2. The third kappa shape index (κ3) is 3.55. The monoisotopic (exact) mass is 314 g/mol. The van der Waals surface area contributed by atoms with Crippen LogP contribution in [-0.4, -0.2) is 11.1 Å². The summed E-state index contributed by atoms with van der Waals surface area (Å²) < 4.78 is 39.1. The molecule has 110 valence electrons. The first-order chi connectivity index (χ1) is 9.79. The first kappa shape index (κ1) is 15.4. The van der Waals surface area contributed by atoms with Crippen LogP contribution < -0.4 is 0 Å². The molecule has 0 aliphatic heterocycles. The fourth-order valence-corrected chi connectivity index (χ4v) is 2.25. The summed E-state index contributed by atoms with van der Waals surface area (Å²) in [6.07, 6.45) is -4.79. The molecule has 2 nitrogen and oxygen atoms in total. The van der Waals surface area contributed by atoms with Gasteiger partial charge in [0.05, 0.1) is 12.0 Å². The van der Waals surface area contributed by atoms with E-state index in [1.54, 1.807) is 0 Å². The number of hydrogen-bond donors (Lipinski definition) is 1. The van der Waals surface area contributed by atoms with E-state index in [1.807, 2.05) is 0 Å². The molecule has 0 fully saturated rings. The number of benzene rings is 2. The van der Waals surface area contributed by atoms with E-state index in [0.29, 0.717) is 5.56 Å². The van der Waals surface area contributed by atoms with Crippen molar-refractivity contribution in [1.82, 2.24) is 0 Å². The second kappa shape index (κ2) is 5.77. The molecule has 0 atom stereocenters. The lowest BCUT2D eigenvalue weighted by molar-refractivity contribution is -0.137. The molecule has 0 amide bonds. The predicted octanol–water partition coefficient (Wildman–Crippen LogP) is 4.65. The van der Waals surface area contributed by atoms with Gasteiger partial charge in [0.25, 0.3) is 0 Å². The van der Waals surface area contributed by atoms with Crippen LogP contribution in [0, 0.1) is 0 Å². The molecule has 0 aliphatic carbocycles. The third-order valence-electron chi connectivity index (χ3n) is 2.91. The minimum Gasteiger partial charge on any atom is -0.481 e. The van der Waals surface area contributed by atoms with Crippen molar-refractivity contribution < 1.29 is 23.1 Å². The van der Waals surface area contributed by atoms with Crippen LogP contribution in [-0.2, 0) is 17.4 Å². The van der Waals surface area contributed by atoms with Crippen LogP contribution >= 0.6 is 11.6 Å². The average Bonchev–Trinajstić information content (AvgIpc) is 2.39.